The Morgan fingerprint density at radius 1 is 1.28 bits per heavy atom. The van der Waals surface area contributed by atoms with Crippen molar-refractivity contribution in [3.8, 4) is 5.75 Å². The molecule has 2 aliphatic rings. The van der Waals surface area contributed by atoms with E-state index in [9.17, 15) is 4.79 Å². The van der Waals surface area contributed by atoms with E-state index in [1.807, 2.05) is 25.1 Å². The number of hydrogen-bond donors (Lipinski definition) is 1. The third-order valence-electron chi connectivity index (χ3n) is 6.21. The number of ether oxygens (including phenoxy) is 2. The Bertz CT molecular complexity index is 922. The zero-order valence-electron chi connectivity index (χ0n) is 18.8. The molecule has 1 atom stereocenters. The molecule has 2 aliphatic heterocycles. The van der Waals surface area contributed by atoms with Crippen LogP contribution in [0.25, 0.3) is 0 Å². The van der Waals surface area contributed by atoms with Crippen LogP contribution in [-0.4, -0.2) is 58.5 Å². The van der Waals surface area contributed by atoms with Crippen LogP contribution in [0.5, 0.6) is 5.75 Å². The molecular formula is C24H33N5O3. The van der Waals surface area contributed by atoms with Crippen molar-refractivity contribution in [1.29, 1.82) is 0 Å². The summed E-state index contributed by atoms with van der Waals surface area (Å²) < 4.78 is 13.4. The lowest BCUT2D eigenvalue weighted by Gasteiger charge is -2.24. The van der Waals surface area contributed by atoms with Crippen LogP contribution in [0.15, 0.2) is 36.9 Å². The maximum Gasteiger partial charge on any atom is 0.223 e. The second-order valence-electron chi connectivity index (χ2n) is 8.48. The van der Waals surface area contributed by atoms with Gasteiger partial charge in [0, 0.05) is 57.3 Å². The SMILES string of the molecule is C=CCOc1ccccc1CN1CCc2nnc([C@@H](C)NC(=O)C3CCOCC3)n2CC1. The molecule has 32 heavy (non-hydrogen) atoms. The molecule has 2 aromatic rings. The lowest BCUT2D eigenvalue weighted by Crippen LogP contribution is -2.36. The van der Waals surface area contributed by atoms with Crippen LogP contribution in [0, 0.1) is 5.92 Å². The Labute approximate surface area is 189 Å². The Kier molecular flexibility index (Phi) is 7.55. The van der Waals surface area contributed by atoms with Gasteiger partial charge in [0.2, 0.25) is 5.91 Å². The summed E-state index contributed by atoms with van der Waals surface area (Å²) in [5.74, 6) is 2.82. The highest BCUT2D eigenvalue weighted by Crippen LogP contribution is 2.22. The lowest BCUT2D eigenvalue weighted by atomic mass is 9.99. The summed E-state index contributed by atoms with van der Waals surface area (Å²) in [6.07, 6.45) is 4.15. The summed E-state index contributed by atoms with van der Waals surface area (Å²) in [5.41, 5.74) is 1.17. The molecule has 172 valence electrons. The van der Waals surface area contributed by atoms with Crippen molar-refractivity contribution >= 4 is 5.91 Å². The summed E-state index contributed by atoms with van der Waals surface area (Å²) in [6, 6.07) is 7.98. The molecule has 1 fully saturated rings. The van der Waals surface area contributed by atoms with Crippen molar-refractivity contribution in [3.05, 3.63) is 54.1 Å². The quantitative estimate of drug-likeness (QED) is 0.637. The van der Waals surface area contributed by atoms with E-state index in [1.165, 1.54) is 5.56 Å². The number of nitrogens with one attached hydrogen (secondary N) is 1. The number of nitrogens with zero attached hydrogens (tertiary/aromatic N) is 4. The molecule has 1 aromatic heterocycles. The molecule has 4 rings (SSSR count). The van der Waals surface area contributed by atoms with Crippen LogP contribution in [0.1, 0.15) is 43.0 Å². The number of hydrogen-bond acceptors (Lipinski definition) is 6. The maximum absolute atomic E-state index is 12.7. The van der Waals surface area contributed by atoms with Gasteiger partial charge in [-0.05, 0) is 25.8 Å². The number of carbonyl (C=O) groups is 1. The van der Waals surface area contributed by atoms with E-state index in [1.54, 1.807) is 6.08 Å². The van der Waals surface area contributed by atoms with E-state index in [2.05, 4.69) is 37.6 Å². The van der Waals surface area contributed by atoms with Gasteiger partial charge in [0.25, 0.3) is 0 Å². The highest BCUT2D eigenvalue weighted by atomic mass is 16.5. The summed E-state index contributed by atoms with van der Waals surface area (Å²) in [6.45, 7) is 10.9. The van der Waals surface area contributed by atoms with Crippen LogP contribution in [0.2, 0.25) is 0 Å². The first-order valence-electron chi connectivity index (χ1n) is 11.5. The first-order chi connectivity index (χ1) is 15.7. The van der Waals surface area contributed by atoms with E-state index in [4.69, 9.17) is 9.47 Å². The Balaban J connectivity index is 1.38. The van der Waals surface area contributed by atoms with E-state index >= 15 is 0 Å². The number of para-hydroxylation sites is 1. The number of amides is 1. The predicted molar refractivity (Wildman–Crippen MR) is 121 cm³/mol. The van der Waals surface area contributed by atoms with Gasteiger partial charge in [-0.25, -0.2) is 0 Å². The number of fused-ring (bicyclic) bond motifs is 1. The number of carbonyl (C=O) groups excluding carboxylic acids is 1. The normalized spacial score (nSPS) is 18.4. The second-order valence-corrected chi connectivity index (χ2v) is 8.48. The highest BCUT2D eigenvalue weighted by Gasteiger charge is 2.26. The summed E-state index contributed by atoms with van der Waals surface area (Å²) >= 11 is 0. The fourth-order valence-electron chi connectivity index (χ4n) is 4.39. The number of aromatic nitrogens is 3. The topological polar surface area (TPSA) is 81.5 Å². The Morgan fingerprint density at radius 2 is 2.09 bits per heavy atom. The zero-order valence-corrected chi connectivity index (χ0v) is 18.8. The number of rotatable bonds is 8. The van der Waals surface area contributed by atoms with Crippen molar-refractivity contribution in [1.82, 2.24) is 25.0 Å². The van der Waals surface area contributed by atoms with Gasteiger partial charge in [-0.1, -0.05) is 30.9 Å². The summed E-state index contributed by atoms with van der Waals surface area (Å²) in [7, 11) is 0. The minimum Gasteiger partial charge on any atom is -0.489 e. The second kappa shape index (κ2) is 10.7. The average molecular weight is 440 g/mol. The van der Waals surface area contributed by atoms with Crippen molar-refractivity contribution in [2.45, 2.75) is 45.3 Å². The molecule has 8 heteroatoms. The summed E-state index contributed by atoms with van der Waals surface area (Å²) in [5, 5.41) is 12.0. The largest absolute Gasteiger partial charge is 0.489 e. The van der Waals surface area contributed by atoms with Gasteiger partial charge < -0.3 is 19.4 Å². The molecule has 0 unspecified atom stereocenters. The molecule has 1 aromatic carbocycles. The molecule has 0 radical (unpaired) electrons. The minimum atomic E-state index is -0.175. The van der Waals surface area contributed by atoms with E-state index in [0.717, 1.165) is 62.8 Å². The van der Waals surface area contributed by atoms with Crippen LogP contribution in [0.4, 0.5) is 0 Å². The third-order valence-corrected chi connectivity index (χ3v) is 6.21. The predicted octanol–water partition coefficient (Wildman–Crippen LogP) is 2.51. The van der Waals surface area contributed by atoms with E-state index in [-0.39, 0.29) is 17.9 Å². The van der Waals surface area contributed by atoms with Crippen molar-refractivity contribution in [2.24, 2.45) is 5.92 Å². The van der Waals surface area contributed by atoms with Gasteiger partial charge in [0.05, 0.1) is 6.04 Å². The van der Waals surface area contributed by atoms with Crippen LogP contribution >= 0.6 is 0 Å². The van der Waals surface area contributed by atoms with Crippen molar-refractivity contribution in [2.75, 3.05) is 32.9 Å². The molecule has 8 nitrogen and oxygen atoms in total. The Morgan fingerprint density at radius 3 is 2.91 bits per heavy atom. The third kappa shape index (κ3) is 5.37. The van der Waals surface area contributed by atoms with Gasteiger partial charge in [-0.2, -0.15) is 0 Å². The van der Waals surface area contributed by atoms with Crippen molar-refractivity contribution < 1.29 is 14.3 Å². The highest BCUT2D eigenvalue weighted by molar-refractivity contribution is 5.79. The van der Waals surface area contributed by atoms with Gasteiger partial charge in [-0.15, -0.1) is 10.2 Å². The van der Waals surface area contributed by atoms with Gasteiger partial charge in [0.1, 0.15) is 18.2 Å². The lowest BCUT2D eigenvalue weighted by molar-refractivity contribution is -0.128. The maximum atomic E-state index is 12.7. The molecule has 3 heterocycles. The standard InChI is InChI=1S/C24H33N5O3/c1-3-14-32-21-7-5-4-6-20(21)17-28-11-8-22-26-27-23(29(22)13-12-28)18(2)25-24(30)19-9-15-31-16-10-19/h3-7,18-19H,1,8-17H2,2H3,(H,25,30)/t18-/m1/s1. The minimum absolute atomic E-state index is 0.0246. The van der Waals surface area contributed by atoms with Crippen LogP contribution in [-0.2, 0) is 29.0 Å². The van der Waals surface area contributed by atoms with Crippen LogP contribution in [0.3, 0.4) is 0 Å². The fraction of sp³-hybridized carbons (Fsp3) is 0.542. The molecule has 0 spiro atoms. The molecule has 1 N–H and O–H groups in total. The first-order valence-corrected chi connectivity index (χ1v) is 11.5. The van der Waals surface area contributed by atoms with Gasteiger partial charge in [-0.3, -0.25) is 9.69 Å². The monoisotopic (exact) mass is 439 g/mol. The molecule has 1 saturated heterocycles. The van der Waals surface area contributed by atoms with E-state index < -0.39 is 0 Å². The molecular weight excluding hydrogens is 406 g/mol. The first kappa shape index (κ1) is 22.5. The average Bonchev–Trinajstić information content (AvgIpc) is 3.13. The van der Waals surface area contributed by atoms with Crippen LogP contribution < -0.4 is 10.1 Å². The molecule has 0 saturated carbocycles. The summed E-state index contributed by atoms with van der Waals surface area (Å²) in [4.78, 5) is 15.1. The fourth-order valence-corrected chi connectivity index (χ4v) is 4.39. The zero-order chi connectivity index (χ0) is 22.3. The Hall–Kier alpha value is -2.71. The smallest absolute Gasteiger partial charge is 0.223 e. The molecule has 0 aliphatic carbocycles. The molecule has 0 bridgehead atoms. The number of benzene rings is 1. The van der Waals surface area contributed by atoms with Gasteiger partial charge in [0.15, 0.2) is 5.82 Å². The van der Waals surface area contributed by atoms with Crippen molar-refractivity contribution in [3.63, 3.8) is 0 Å². The molecule has 1 amide bonds. The van der Waals surface area contributed by atoms with E-state index in [0.29, 0.717) is 19.8 Å². The van der Waals surface area contributed by atoms with Gasteiger partial charge >= 0.3 is 0 Å².